The summed E-state index contributed by atoms with van der Waals surface area (Å²) >= 11 is 15.4. The highest BCUT2D eigenvalue weighted by atomic mass is 127. The summed E-state index contributed by atoms with van der Waals surface area (Å²) in [5.41, 5.74) is 0.704. The van der Waals surface area contributed by atoms with E-state index in [1.165, 1.54) is 0 Å². The Hall–Kier alpha value is 1.72. The normalized spacial score (nSPS) is 9.79. The van der Waals surface area contributed by atoms with Crippen molar-refractivity contribution in [3.05, 3.63) is 27.5 Å². The predicted octanol–water partition coefficient (Wildman–Crippen LogP) is 5.64. The zero-order valence-electron chi connectivity index (χ0n) is 6.47. The van der Waals surface area contributed by atoms with Crippen LogP contribution in [0.15, 0.2) is 16.6 Å². The Morgan fingerprint density at radius 2 is 2.21 bits per heavy atom. The molecule has 0 radical (unpaired) electrons. The third-order valence-corrected chi connectivity index (χ3v) is 6.82. The first kappa shape index (κ1) is 13.8. The van der Waals surface area contributed by atoms with Crippen LogP contribution in [0.1, 0.15) is 5.69 Å². The van der Waals surface area contributed by atoms with Crippen molar-refractivity contribution < 1.29 is 0 Å². The second-order valence-electron chi connectivity index (χ2n) is 1.99. The van der Waals surface area contributed by atoms with E-state index in [9.17, 15) is 0 Å². The maximum Gasteiger partial charge on any atom is 0.144 e. The van der Waals surface area contributed by atoms with E-state index in [2.05, 4.69) is 76.2 Å². The van der Waals surface area contributed by atoms with E-state index in [0.29, 0.717) is 10.8 Å². The van der Waals surface area contributed by atoms with Gasteiger partial charge in [-0.15, -0.1) is 0 Å². The van der Waals surface area contributed by atoms with Gasteiger partial charge in [-0.3, -0.25) is 0 Å². The molecule has 7 heteroatoms. The summed E-state index contributed by atoms with van der Waals surface area (Å²) in [5.74, 6) is 2.95. The van der Waals surface area contributed by atoms with Crippen LogP contribution >= 0.6 is 85.4 Å². The molecule has 1 aromatic rings. The molecule has 0 bridgehead atoms. The molecule has 1 rings (SSSR count). The smallest absolute Gasteiger partial charge is 0.144 e. The molecule has 14 heavy (non-hydrogen) atoms. The van der Waals surface area contributed by atoms with Gasteiger partial charge >= 0.3 is 0 Å². The lowest BCUT2D eigenvalue weighted by molar-refractivity contribution is 1.27. The highest BCUT2D eigenvalue weighted by Crippen LogP contribution is 2.64. The lowest BCUT2D eigenvalue weighted by Crippen LogP contribution is -1.82. The van der Waals surface area contributed by atoms with Crippen LogP contribution in [0.25, 0.3) is 0 Å². The Morgan fingerprint density at radius 1 is 1.50 bits per heavy atom. The van der Waals surface area contributed by atoms with Gasteiger partial charge in [0.25, 0.3) is 0 Å². The topological polar surface area (TPSA) is 12.9 Å². The molecule has 0 saturated heterocycles. The average molecular weight is 532 g/mol. The first-order chi connectivity index (χ1) is 6.59. The van der Waals surface area contributed by atoms with E-state index in [4.69, 9.17) is 11.6 Å². The molecule has 1 aromatic heterocycles. The molecule has 0 atom stereocenters. The number of pyridine rings is 1. The van der Waals surface area contributed by atoms with Gasteiger partial charge in [-0.25, -0.2) is 4.98 Å². The minimum atomic E-state index is -0.0976. The molecule has 0 amide bonds. The van der Waals surface area contributed by atoms with Gasteiger partial charge in [0.2, 0.25) is 0 Å². The third-order valence-electron chi connectivity index (χ3n) is 1.10. The Bertz CT molecular complexity index is 393. The van der Waals surface area contributed by atoms with Crippen molar-refractivity contribution in [2.24, 2.45) is 0 Å². The van der Waals surface area contributed by atoms with Crippen molar-refractivity contribution in [2.45, 2.75) is 0 Å². The van der Waals surface area contributed by atoms with E-state index in [1.807, 2.05) is 12.1 Å². The average Bonchev–Trinajstić information content (AvgIpc) is 2.10. The van der Waals surface area contributed by atoms with Crippen LogP contribution in [0.2, 0.25) is 5.15 Å². The molecule has 0 aliphatic rings. The largest absolute Gasteiger partial charge is 0.226 e. The molecule has 0 aliphatic carbocycles. The van der Waals surface area contributed by atoms with Gasteiger partial charge in [0.15, 0.2) is 0 Å². The molecule has 0 spiro atoms. The van der Waals surface area contributed by atoms with Gasteiger partial charge in [-0.05, 0) is 94.7 Å². The summed E-state index contributed by atoms with van der Waals surface area (Å²) in [6, 6.07) is 3.69. The molecule has 0 saturated carbocycles. The van der Waals surface area contributed by atoms with E-state index in [-0.39, 0.29) is 2.41 Å². The molecule has 1 nitrogen and oxygen atoms in total. The van der Waals surface area contributed by atoms with E-state index < -0.39 is 0 Å². The van der Waals surface area contributed by atoms with Gasteiger partial charge < -0.3 is 0 Å². The SMILES string of the molecule is Clc1nc(C#CSP(I)I)ccc1Br. The monoisotopic (exact) mass is 531 g/mol. The molecular formula is C7H2BrClI2NPS. The van der Waals surface area contributed by atoms with Crippen LogP contribution in [0.4, 0.5) is 0 Å². The van der Waals surface area contributed by atoms with Crippen molar-refractivity contribution in [1.29, 1.82) is 0 Å². The Kier molecular flexibility index (Phi) is 7.02. The van der Waals surface area contributed by atoms with Crippen molar-refractivity contribution in [1.82, 2.24) is 4.98 Å². The number of aromatic nitrogens is 1. The highest BCUT2D eigenvalue weighted by Gasteiger charge is 1.98. The number of hydrogen-bond donors (Lipinski definition) is 0. The van der Waals surface area contributed by atoms with Crippen molar-refractivity contribution in [3.8, 4) is 11.2 Å². The van der Waals surface area contributed by atoms with E-state index >= 15 is 0 Å². The summed E-state index contributed by atoms with van der Waals surface area (Å²) in [6.45, 7) is 0. The van der Waals surface area contributed by atoms with Crippen LogP contribution in [0.3, 0.4) is 0 Å². The highest BCUT2D eigenvalue weighted by molar-refractivity contribution is 14.3. The summed E-state index contributed by atoms with van der Waals surface area (Å²) < 4.78 is 0.696. The summed E-state index contributed by atoms with van der Waals surface area (Å²) in [7, 11) is 0. The van der Waals surface area contributed by atoms with Crippen LogP contribution in [-0.2, 0) is 0 Å². The zero-order chi connectivity index (χ0) is 10.6. The van der Waals surface area contributed by atoms with Crippen LogP contribution in [-0.4, -0.2) is 4.98 Å². The second-order valence-corrected chi connectivity index (χ2v) is 20.9. The van der Waals surface area contributed by atoms with Gasteiger partial charge in [0.05, 0.1) is 6.88 Å². The number of halogens is 4. The quantitative estimate of drug-likeness (QED) is 0.201. The molecule has 1 heterocycles. The second kappa shape index (κ2) is 7.13. The lowest BCUT2D eigenvalue weighted by Gasteiger charge is -1.94. The fourth-order valence-electron chi connectivity index (χ4n) is 0.597. The first-order valence-electron chi connectivity index (χ1n) is 3.21. The maximum atomic E-state index is 5.82. The van der Waals surface area contributed by atoms with Gasteiger partial charge in [0, 0.05) is 0 Å². The lowest BCUT2D eigenvalue weighted by atomic mass is 10.4. The van der Waals surface area contributed by atoms with E-state index in [1.54, 1.807) is 11.4 Å². The Labute approximate surface area is 127 Å². The van der Waals surface area contributed by atoms with Gasteiger partial charge in [-0.1, -0.05) is 11.6 Å². The third kappa shape index (κ3) is 5.17. The van der Waals surface area contributed by atoms with Crippen LogP contribution in [0.5, 0.6) is 0 Å². The summed E-state index contributed by atoms with van der Waals surface area (Å²) in [4.78, 5) is 4.10. The number of nitrogens with zero attached hydrogens (tertiary/aromatic N) is 1. The molecule has 74 valence electrons. The Morgan fingerprint density at radius 3 is 2.79 bits per heavy atom. The summed E-state index contributed by atoms with van der Waals surface area (Å²) in [5, 5.41) is 3.44. The molecule has 0 unspecified atom stereocenters. The van der Waals surface area contributed by atoms with Gasteiger partial charge in [-0.2, -0.15) is 0 Å². The number of hydrogen-bond acceptors (Lipinski definition) is 2. The molecule has 0 aliphatic heterocycles. The molecule has 0 aromatic carbocycles. The number of rotatable bonds is 1. The maximum absolute atomic E-state index is 5.82. The summed E-state index contributed by atoms with van der Waals surface area (Å²) in [6.07, 6.45) is 0. The van der Waals surface area contributed by atoms with Gasteiger partial charge in [0.1, 0.15) is 10.8 Å². The van der Waals surface area contributed by atoms with Crippen molar-refractivity contribution >= 4 is 85.4 Å². The van der Waals surface area contributed by atoms with Crippen LogP contribution < -0.4 is 0 Å². The van der Waals surface area contributed by atoms with Crippen molar-refractivity contribution in [2.75, 3.05) is 0 Å². The Balaban J connectivity index is 2.76. The molecular weight excluding hydrogens is 530 g/mol. The molecule has 0 fully saturated rings. The van der Waals surface area contributed by atoms with Crippen molar-refractivity contribution in [3.63, 3.8) is 0 Å². The van der Waals surface area contributed by atoms with Crippen LogP contribution in [0, 0.1) is 11.2 Å². The minimum Gasteiger partial charge on any atom is -0.226 e. The van der Waals surface area contributed by atoms with E-state index in [0.717, 1.165) is 4.47 Å². The first-order valence-corrected chi connectivity index (χ1v) is 12.7. The zero-order valence-corrected chi connectivity index (χ0v) is 14.8. The standard InChI is InChI=1S/C7H2BrClI2NPS/c8-6-2-1-5(12-7(6)9)3-4-14-13(10)11/h1-2H. The fraction of sp³-hybridized carbons (Fsp3) is 0. The fourth-order valence-corrected chi connectivity index (χ4v) is 3.31. The minimum absolute atomic E-state index is 0.0976. The predicted molar refractivity (Wildman–Crippen MR) is 86.4 cm³/mol. The molecule has 0 N–H and O–H groups in total.